The smallest absolute Gasteiger partial charge is 0.259 e. The van der Waals surface area contributed by atoms with Gasteiger partial charge in [-0.3, -0.25) is 4.79 Å². The van der Waals surface area contributed by atoms with Gasteiger partial charge in [0.25, 0.3) is 5.91 Å². The first-order valence-electron chi connectivity index (χ1n) is 7.33. The summed E-state index contributed by atoms with van der Waals surface area (Å²) in [7, 11) is 0. The van der Waals surface area contributed by atoms with E-state index in [1.165, 1.54) is 0 Å². The first-order chi connectivity index (χ1) is 11.6. The van der Waals surface area contributed by atoms with Crippen LogP contribution in [0.1, 0.15) is 11.1 Å². The van der Waals surface area contributed by atoms with Crippen LogP contribution < -0.4 is 20.2 Å². The number of carbonyl (C=O) groups excluding carboxylic acids is 1. The minimum atomic E-state index is -0.218. The summed E-state index contributed by atoms with van der Waals surface area (Å²) in [5.41, 5.74) is 5.35. The highest BCUT2D eigenvalue weighted by molar-refractivity contribution is 14.1. The maximum Gasteiger partial charge on any atom is 0.259 e. The van der Waals surface area contributed by atoms with E-state index in [0.29, 0.717) is 11.5 Å². The first-order valence-corrected chi connectivity index (χ1v) is 8.41. The highest BCUT2D eigenvalue weighted by Crippen LogP contribution is 2.31. The van der Waals surface area contributed by atoms with Crippen molar-refractivity contribution in [1.82, 2.24) is 5.43 Å². The molecule has 0 saturated carbocycles. The van der Waals surface area contributed by atoms with Gasteiger partial charge >= 0.3 is 0 Å². The van der Waals surface area contributed by atoms with Crippen molar-refractivity contribution in [3.63, 3.8) is 0 Å². The van der Waals surface area contributed by atoms with Crippen LogP contribution in [0.5, 0.6) is 11.5 Å². The number of rotatable bonds is 5. The second kappa shape index (κ2) is 7.52. The summed E-state index contributed by atoms with van der Waals surface area (Å²) in [6.07, 6.45) is 1.57. The lowest BCUT2D eigenvalue weighted by Crippen LogP contribution is -2.26. The van der Waals surface area contributed by atoms with E-state index in [2.05, 4.69) is 44.5 Å². The van der Waals surface area contributed by atoms with Gasteiger partial charge in [-0.15, -0.1) is 0 Å². The van der Waals surface area contributed by atoms with E-state index < -0.39 is 0 Å². The Morgan fingerprint density at radius 3 is 2.92 bits per heavy atom. The fourth-order valence-electron chi connectivity index (χ4n) is 2.21. The summed E-state index contributed by atoms with van der Waals surface area (Å²) in [4.78, 5) is 11.8. The van der Waals surface area contributed by atoms with Crippen LogP contribution in [-0.2, 0) is 4.79 Å². The minimum absolute atomic E-state index is 0.153. The molecule has 1 aliphatic heterocycles. The van der Waals surface area contributed by atoms with E-state index in [1.807, 2.05) is 37.3 Å². The largest absolute Gasteiger partial charge is 0.454 e. The zero-order valence-electron chi connectivity index (χ0n) is 13.0. The molecule has 1 heterocycles. The number of halogens is 1. The SMILES string of the molecule is Cc1cc(I)ccc1NCC(=O)N/N=C\c1ccc2c(c1)OCO2. The van der Waals surface area contributed by atoms with Crippen molar-refractivity contribution in [2.45, 2.75) is 6.92 Å². The van der Waals surface area contributed by atoms with Crippen molar-refractivity contribution >= 4 is 40.4 Å². The number of nitrogens with one attached hydrogen (secondary N) is 2. The van der Waals surface area contributed by atoms with Crippen LogP contribution in [0.15, 0.2) is 41.5 Å². The average molecular weight is 437 g/mol. The zero-order chi connectivity index (χ0) is 16.9. The van der Waals surface area contributed by atoms with Crippen LogP contribution in [-0.4, -0.2) is 25.5 Å². The Kier molecular flexibility index (Phi) is 5.19. The molecule has 2 N–H and O–H groups in total. The van der Waals surface area contributed by atoms with Gasteiger partial charge in [0.05, 0.1) is 12.8 Å². The molecule has 3 rings (SSSR count). The van der Waals surface area contributed by atoms with Crippen LogP contribution in [0.3, 0.4) is 0 Å². The molecule has 0 bridgehead atoms. The second-order valence-corrected chi connectivity index (χ2v) is 6.46. The van der Waals surface area contributed by atoms with Gasteiger partial charge in [0.2, 0.25) is 6.79 Å². The molecule has 124 valence electrons. The Hall–Kier alpha value is -2.29. The lowest BCUT2D eigenvalue weighted by atomic mass is 10.2. The summed E-state index contributed by atoms with van der Waals surface area (Å²) >= 11 is 2.26. The monoisotopic (exact) mass is 437 g/mol. The number of nitrogens with zero attached hydrogens (tertiary/aromatic N) is 1. The number of aryl methyl sites for hydroxylation is 1. The number of carbonyl (C=O) groups is 1. The highest BCUT2D eigenvalue weighted by Gasteiger charge is 2.12. The molecule has 0 aromatic heterocycles. The number of hydrazone groups is 1. The Labute approximate surface area is 153 Å². The van der Waals surface area contributed by atoms with Gasteiger partial charge in [-0.2, -0.15) is 5.10 Å². The van der Waals surface area contributed by atoms with Crippen molar-refractivity contribution in [2.75, 3.05) is 18.7 Å². The molecule has 0 saturated heterocycles. The summed E-state index contributed by atoms with van der Waals surface area (Å²) in [5.74, 6) is 1.18. The Bertz CT molecular complexity index is 793. The zero-order valence-corrected chi connectivity index (χ0v) is 15.2. The number of amides is 1. The summed E-state index contributed by atoms with van der Waals surface area (Å²) in [6, 6.07) is 11.5. The molecule has 0 aliphatic carbocycles. The molecule has 0 radical (unpaired) electrons. The maximum atomic E-state index is 11.8. The normalized spacial score (nSPS) is 12.4. The summed E-state index contributed by atoms with van der Waals surface area (Å²) in [5, 5.41) is 7.05. The van der Waals surface area contributed by atoms with Crippen LogP contribution in [0.25, 0.3) is 0 Å². The van der Waals surface area contributed by atoms with Gasteiger partial charge < -0.3 is 14.8 Å². The first kappa shape index (κ1) is 16.6. The molecule has 7 heteroatoms. The number of fused-ring (bicyclic) bond motifs is 1. The van der Waals surface area contributed by atoms with Crippen LogP contribution in [0, 0.1) is 10.5 Å². The van der Waals surface area contributed by atoms with Crippen molar-refractivity contribution in [3.8, 4) is 11.5 Å². The molecular weight excluding hydrogens is 421 g/mol. The molecule has 0 atom stereocenters. The maximum absolute atomic E-state index is 11.8. The second-order valence-electron chi connectivity index (χ2n) is 5.22. The van der Waals surface area contributed by atoms with Crippen molar-refractivity contribution in [1.29, 1.82) is 0 Å². The number of anilines is 1. The third-order valence-electron chi connectivity index (χ3n) is 3.43. The van der Waals surface area contributed by atoms with Crippen molar-refractivity contribution < 1.29 is 14.3 Å². The quantitative estimate of drug-likeness (QED) is 0.429. The number of ether oxygens (including phenoxy) is 2. The fourth-order valence-corrected chi connectivity index (χ4v) is 2.86. The molecule has 0 unspecified atom stereocenters. The number of hydrogen-bond donors (Lipinski definition) is 2. The van der Waals surface area contributed by atoms with Crippen molar-refractivity contribution in [3.05, 3.63) is 51.1 Å². The van der Waals surface area contributed by atoms with Crippen LogP contribution in [0.4, 0.5) is 5.69 Å². The van der Waals surface area contributed by atoms with Gasteiger partial charge in [0, 0.05) is 9.26 Å². The van der Waals surface area contributed by atoms with Crippen LogP contribution >= 0.6 is 22.6 Å². The molecule has 0 spiro atoms. The van der Waals surface area contributed by atoms with E-state index in [9.17, 15) is 4.79 Å². The fraction of sp³-hybridized carbons (Fsp3) is 0.176. The van der Waals surface area contributed by atoms with Gasteiger partial charge in [0.1, 0.15) is 0 Å². The summed E-state index contributed by atoms with van der Waals surface area (Å²) < 4.78 is 11.7. The Morgan fingerprint density at radius 1 is 1.25 bits per heavy atom. The lowest BCUT2D eigenvalue weighted by Gasteiger charge is -2.08. The van der Waals surface area contributed by atoms with Gasteiger partial charge in [-0.25, -0.2) is 5.43 Å². The van der Waals surface area contributed by atoms with E-state index in [4.69, 9.17) is 9.47 Å². The third-order valence-corrected chi connectivity index (χ3v) is 4.10. The van der Waals surface area contributed by atoms with Crippen molar-refractivity contribution in [2.24, 2.45) is 5.10 Å². The van der Waals surface area contributed by atoms with Gasteiger partial charge in [-0.05, 0) is 77.0 Å². The molecule has 2 aromatic carbocycles. The topological polar surface area (TPSA) is 72.0 Å². The average Bonchev–Trinajstić information content (AvgIpc) is 3.02. The molecule has 2 aromatic rings. The standard InChI is InChI=1S/C17H16IN3O3/c1-11-6-13(18)3-4-14(11)19-9-17(22)21-20-8-12-2-5-15-16(7-12)24-10-23-15/h2-8,19H,9-10H2,1H3,(H,21,22)/b20-8-. The Morgan fingerprint density at radius 2 is 2.08 bits per heavy atom. The predicted octanol–water partition coefficient (Wildman–Crippen LogP) is 2.89. The lowest BCUT2D eigenvalue weighted by molar-refractivity contribution is -0.119. The minimum Gasteiger partial charge on any atom is -0.454 e. The highest BCUT2D eigenvalue weighted by atomic mass is 127. The predicted molar refractivity (Wildman–Crippen MR) is 101 cm³/mol. The molecule has 1 amide bonds. The molecule has 6 nitrogen and oxygen atoms in total. The van der Waals surface area contributed by atoms with Gasteiger partial charge in [-0.1, -0.05) is 0 Å². The van der Waals surface area contributed by atoms with E-state index >= 15 is 0 Å². The van der Waals surface area contributed by atoms with E-state index in [1.54, 1.807) is 6.21 Å². The van der Waals surface area contributed by atoms with Gasteiger partial charge in [0.15, 0.2) is 11.5 Å². The van der Waals surface area contributed by atoms with E-state index in [-0.39, 0.29) is 19.2 Å². The number of benzene rings is 2. The molecule has 1 aliphatic rings. The summed E-state index contributed by atoms with van der Waals surface area (Å²) in [6.45, 7) is 2.39. The number of hydrogen-bond acceptors (Lipinski definition) is 5. The van der Waals surface area contributed by atoms with Crippen LogP contribution in [0.2, 0.25) is 0 Å². The molecular formula is C17H16IN3O3. The molecule has 24 heavy (non-hydrogen) atoms. The third kappa shape index (κ3) is 4.16. The van der Waals surface area contributed by atoms with E-state index in [0.717, 1.165) is 20.4 Å². The Balaban J connectivity index is 1.50. The molecule has 0 fully saturated rings.